The third kappa shape index (κ3) is 6.41. The zero-order valence-electron chi connectivity index (χ0n) is 17.5. The second-order valence-electron chi connectivity index (χ2n) is 7.01. The number of rotatable bonds is 10. The van der Waals surface area contributed by atoms with Crippen LogP contribution in [0, 0.1) is 0 Å². The molecule has 3 aromatic rings. The molecule has 3 rings (SSSR count). The van der Waals surface area contributed by atoms with Gasteiger partial charge in [-0.25, -0.2) is 13.1 Å². The number of nitrogens with zero attached hydrogens (tertiary/aromatic N) is 1. The number of hydrogen-bond acceptors (Lipinski definition) is 4. The highest BCUT2D eigenvalue weighted by atomic mass is 32.2. The number of hydrogen-bond donors (Lipinski definition) is 2. The Labute approximate surface area is 184 Å². The van der Waals surface area contributed by atoms with Gasteiger partial charge in [-0.1, -0.05) is 48.5 Å². The molecular formula is C24H27N3O3S. The fourth-order valence-electron chi connectivity index (χ4n) is 3.15. The summed E-state index contributed by atoms with van der Waals surface area (Å²) in [7, 11) is -3.56. The molecule has 0 bridgehead atoms. The first-order chi connectivity index (χ1) is 15.0. The van der Waals surface area contributed by atoms with Crippen LogP contribution in [0.15, 0.2) is 89.8 Å². The van der Waals surface area contributed by atoms with Crippen LogP contribution in [0.3, 0.4) is 0 Å². The van der Waals surface area contributed by atoms with Crippen LogP contribution in [0.4, 0.5) is 5.69 Å². The van der Waals surface area contributed by atoms with Gasteiger partial charge in [0.05, 0.1) is 4.90 Å². The van der Waals surface area contributed by atoms with Crippen LogP contribution in [0.5, 0.6) is 0 Å². The van der Waals surface area contributed by atoms with E-state index in [0.29, 0.717) is 18.7 Å². The fourth-order valence-corrected chi connectivity index (χ4v) is 4.19. The zero-order valence-corrected chi connectivity index (χ0v) is 18.3. The standard InChI is InChI=1S/C24H27N3O3S/c1-2-27(22-9-5-3-6-10-22)18-17-25-24(28)21-15-13-20(14-16-21)19-26-31(29,30)23-11-7-4-8-12-23/h3-16,26H,2,17-19H2,1H3,(H,25,28). The van der Waals surface area contributed by atoms with Crippen molar-refractivity contribution < 1.29 is 13.2 Å². The number of amides is 1. The Morgan fingerprint density at radius 3 is 2.10 bits per heavy atom. The Morgan fingerprint density at radius 1 is 0.871 bits per heavy atom. The van der Waals surface area contributed by atoms with Crippen molar-refractivity contribution in [2.24, 2.45) is 0 Å². The molecule has 0 fully saturated rings. The van der Waals surface area contributed by atoms with E-state index in [-0.39, 0.29) is 17.3 Å². The Kier molecular flexibility index (Phi) is 7.81. The minimum atomic E-state index is -3.56. The van der Waals surface area contributed by atoms with E-state index in [2.05, 4.69) is 34.0 Å². The molecule has 0 saturated heterocycles. The lowest BCUT2D eigenvalue weighted by Crippen LogP contribution is -2.34. The van der Waals surface area contributed by atoms with E-state index in [1.807, 2.05) is 18.2 Å². The van der Waals surface area contributed by atoms with Gasteiger partial charge in [0.15, 0.2) is 0 Å². The molecule has 0 aromatic heterocycles. The van der Waals surface area contributed by atoms with Gasteiger partial charge in [0.1, 0.15) is 0 Å². The molecule has 3 aromatic carbocycles. The molecule has 0 aliphatic carbocycles. The van der Waals surface area contributed by atoms with Crippen molar-refractivity contribution in [3.05, 3.63) is 96.1 Å². The summed E-state index contributed by atoms with van der Waals surface area (Å²) >= 11 is 0. The van der Waals surface area contributed by atoms with E-state index in [1.165, 1.54) is 0 Å². The summed E-state index contributed by atoms with van der Waals surface area (Å²) in [5.74, 6) is -0.152. The fraction of sp³-hybridized carbons (Fsp3) is 0.208. The van der Waals surface area contributed by atoms with Crippen LogP contribution in [0.1, 0.15) is 22.8 Å². The lowest BCUT2D eigenvalue weighted by atomic mass is 10.1. The van der Waals surface area contributed by atoms with Crippen molar-refractivity contribution in [2.75, 3.05) is 24.5 Å². The Morgan fingerprint density at radius 2 is 1.48 bits per heavy atom. The Hall–Kier alpha value is -3.16. The molecule has 2 N–H and O–H groups in total. The van der Waals surface area contributed by atoms with E-state index in [1.54, 1.807) is 54.6 Å². The van der Waals surface area contributed by atoms with Gasteiger partial charge < -0.3 is 10.2 Å². The predicted octanol–water partition coefficient (Wildman–Crippen LogP) is 3.42. The van der Waals surface area contributed by atoms with Gasteiger partial charge in [-0.05, 0) is 48.9 Å². The van der Waals surface area contributed by atoms with E-state index in [0.717, 1.165) is 17.8 Å². The Bertz CT molecular complexity index is 1070. The number of likely N-dealkylation sites (N-methyl/N-ethyl adjacent to an activating group) is 1. The summed E-state index contributed by atoms with van der Waals surface area (Å²) in [6.45, 7) is 4.33. The lowest BCUT2D eigenvalue weighted by Gasteiger charge is -2.23. The monoisotopic (exact) mass is 437 g/mol. The van der Waals surface area contributed by atoms with Crippen molar-refractivity contribution in [2.45, 2.75) is 18.4 Å². The maximum absolute atomic E-state index is 12.4. The van der Waals surface area contributed by atoms with Crippen LogP contribution >= 0.6 is 0 Å². The van der Waals surface area contributed by atoms with Gasteiger partial charge in [0, 0.05) is 37.4 Å². The molecule has 162 valence electrons. The number of sulfonamides is 1. The third-order valence-electron chi connectivity index (χ3n) is 4.91. The second-order valence-corrected chi connectivity index (χ2v) is 8.77. The molecular weight excluding hydrogens is 410 g/mol. The summed E-state index contributed by atoms with van der Waals surface area (Å²) in [4.78, 5) is 14.8. The highest BCUT2D eigenvalue weighted by Crippen LogP contribution is 2.12. The quantitative estimate of drug-likeness (QED) is 0.509. The summed E-state index contributed by atoms with van der Waals surface area (Å²) < 4.78 is 27.2. The maximum Gasteiger partial charge on any atom is 0.251 e. The lowest BCUT2D eigenvalue weighted by molar-refractivity contribution is 0.0954. The normalized spacial score (nSPS) is 11.1. The molecule has 0 spiro atoms. The highest BCUT2D eigenvalue weighted by molar-refractivity contribution is 7.89. The summed E-state index contributed by atoms with van der Waals surface area (Å²) in [5, 5.41) is 2.94. The molecule has 7 heteroatoms. The average molecular weight is 438 g/mol. The van der Waals surface area contributed by atoms with E-state index >= 15 is 0 Å². The third-order valence-corrected chi connectivity index (χ3v) is 6.32. The van der Waals surface area contributed by atoms with Crippen LogP contribution < -0.4 is 14.9 Å². The number of para-hydroxylation sites is 1. The number of carbonyl (C=O) groups is 1. The van der Waals surface area contributed by atoms with Gasteiger partial charge in [-0.15, -0.1) is 0 Å². The van der Waals surface area contributed by atoms with Crippen LogP contribution in [0.2, 0.25) is 0 Å². The van der Waals surface area contributed by atoms with Crippen molar-refractivity contribution in [1.29, 1.82) is 0 Å². The smallest absolute Gasteiger partial charge is 0.251 e. The first kappa shape index (κ1) is 22.5. The first-order valence-corrected chi connectivity index (χ1v) is 11.7. The average Bonchev–Trinajstić information content (AvgIpc) is 2.82. The zero-order chi connectivity index (χ0) is 22.1. The number of anilines is 1. The summed E-state index contributed by atoms with van der Waals surface area (Å²) in [6, 6.07) is 25.2. The molecule has 0 atom stereocenters. The van der Waals surface area contributed by atoms with Gasteiger partial charge in [0.2, 0.25) is 10.0 Å². The Balaban J connectivity index is 1.50. The summed E-state index contributed by atoms with van der Waals surface area (Å²) in [6.07, 6.45) is 0. The predicted molar refractivity (Wildman–Crippen MR) is 124 cm³/mol. The van der Waals surface area contributed by atoms with Crippen LogP contribution in [-0.4, -0.2) is 34.0 Å². The molecule has 0 heterocycles. The first-order valence-electron chi connectivity index (χ1n) is 10.2. The van der Waals surface area contributed by atoms with Gasteiger partial charge in [-0.3, -0.25) is 4.79 Å². The molecule has 0 saturated carbocycles. The van der Waals surface area contributed by atoms with Crippen molar-refractivity contribution in [3.8, 4) is 0 Å². The van der Waals surface area contributed by atoms with Crippen molar-refractivity contribution >= 4 is 21.6 Å². The minimum Gasteiger partial charge on any atom is -0.370 e. The SMILES string of the molecule is CCN(CCNC(=O)c1ccc(CNS(=O)(=O)c2ccccc2)cc1)c1ccccc1. The van der Waals surface area contributed by atoms with Crippen LogP contribution in [-0.2, 0) is 16.6 Å². The number of carbonyl (C=O) groups excluding carboxylic acids is 1. The minimum absolute atomic E-state index is 0.152. The van der Waals surface area contributed by atoms with E-state index < -0.39 is 10.0 Å². The van der Waals surface area contributed by atoms with E-state index in [9.17, 15) is 13.2 Å². The van der Waals surface area contributed by atoms with Gasteiger partial charge in [0.25, 0.3) is 5.91 Å². The molecule has 6 nitrogen and oxygen atoms in total. The van der Waals surface area contributed by atoms with E-state index in [4.69, 9.17) is 0 Å². The molecule has 0 radical (unpaired) electrons. The highest BCUT2D eigenvalue weighted by Gasteiger charge is 2.13. The van der Waals surface area contributed by atoms with Crippen molar-refractivity contribution in [3.63, 3.8) is 0 Å². The number of nitrogens with one attached hydrogen (secondary N) is 2. The topological polar surface area (TPSA) is 78.5 Å². The van der Waals surface area contributed by atoms with Gasteiger partial charge >= 0.3 is 0 Å². The van der Waals surface area contributed by atoms with Crippen molar-refractivity contribution in [1.82, 2.24) is 10.0 Å². The molecule has 0 unspecified atom stereocenters. The second kappa shape index (κ2) is 10.7. The molecule has 31 heavy (non-hydrogen) atoms. The molecule has 0 aliphatic heterocycles. The molecule has 1 amide bonds. The molecule has 0 aliphatic rings. The largest absolute Gasteiger partial charge is 0.370 e. The van der Waals surface area contributed by atoms with Crippen LogP contribution in [0.25, 0.3) is 0 Å². The summed E-state index contributed by atoms with van der Waals surface area (Å²) in [5.41, 5.74) is 2.44. The maximum atomic E-state index is 12.4. The van der Waals surface area contributed by atoms with Gasteiger partial charge in [-0.2, -0.15) is 0 Å². The number of benzene rings is 3.